The molecule has 2 aromatic carbocycles. The maximum Gasteiger partial charge on any atom is 0.238 e. The Hall–Kier alpha value is -3.70. The van der Waals surface area contributed by atoms with Gasteiger partial charge in [0.25, 0.3) is 0 Å². The van der Waals surface area contributed by atoms with Crippen LogP contribution in [0.1, 0.15) is 36.6 Å². The number of hydrogen-bond acceptors (Lipinski definition) is 8. The van der Waals surface area contributed by atoms with Crippen molar-refractivity contribution in [3.05, 3.63) is 83.2 Å². The third-order valence-corrected chi connectivity index (χ3v) is 9.86. The van der Waals surface area contributed by atoms with Crippen molar-refractivity contribution < 1.29 is 27.1 Å². The van der Waals surface area contributed by atoms with E-state index in [1.165, 1.54) is 12.1 Å². The van der Waals surface area contributed by atoms with E-state index in [-0.39, 0.29) is 29.2 Å². The topological polar surface area (TPSA) is 95.3 Å². The number of methoxy groups -OCH3 is 1. The molecule has 0 N–H and O–H groups in total. The Bertz CT molecular complexity index is 1630. The first-order chi connectivity index (χ1) is 19.7. The second-order valence-corrected chi connectivity index (χ2v) is 13.5. The van der Waals surface area contributed by atoms with Crippen molar-refractivity contribution >= 4 is 21.7 Å². The van der Waals surface area contributed by atoms with E-state index in [4.69, 9.17) is 14.3 Å². The lowest BCUT2D eigenvalue weighted by atomic mass is 9.74. The standard InChI is InChI=1S/C30H33FN4O5S/c1-4-41(36,37)12-11-30(24-6-8-25(31)9-7-24)35-17-29(18-39-19-29)15-23(28(35)33-40-30)13-22-5-10-26(27(14-22)38-3)34-16-21(2)32-20-34/h5-10,13-14,16,20H,4,11-12,15,17-19H2,1-3H3/b23-13+. The highest BCUT2D eigenvalue weighted by Crippen LogP contribution is 2.49. The zero-order valence-electron chi connectivity index (χ0n) is 23.3. The SMILES string of the molecule is CCS(=O)(=O)CCC1(c2ccc(F)cc2)ON=C2/C(=C/c3ccc(-n4cnc(C)c4)c(OC)c3)CC3(COC3)CN21. The van der Waals surface area contributed by atoms with E-state index in [0.29, 0.717) is 36.9 Å². The highest BCUT2D eigenvalue weighted by Gasteiger charge is 2.56. The molecule has 9 nitrogen and oxygen atoms in total. The normalized spacial score (nSPS) is 22.3. The van der Waals surface area contributed by atoms with Crippen molar-refractivity contribution in [2.24, 2.45) is 10.6 Å². The predicted molar refractivity (Wildman–Crippen MR) is 153 cm³/mol. The average molecular weight is 581 g/mol. The van der Waals surface area contributed by atoms with E-state index in [0.717, 1.165) is 28.9 Å². The molecule has 3 aromatic rings. The number of oxime groups is 1. The van der Waals surface area contributed by atoms with E-state index in [2.05, 4.69) is 21.1 Å². The summed E-state index contributed by atoms with van der Waals surface area (Å²) in [5.74, 6) is 0.903. The first kappa shape index (κ1) is 27.5. The molecule has 0 amide bonds. The van der Waals surface area contributed by atoms with E-state index < -0.39 is 15.6 Å². The molecule has 41 heavy (non-hydrogen) atoms. The second kappa shape index (κ2) is 10.3. The molecule has 2 fully saturated rings. The van der Waals surface area contributed by atoms with E-state index in [9.17, 15) is 12.8 Å². The summed E-state index contributed by atoms with van der Waals surface area (Å²) in [5.41, 5.74) is 2.95. The summed E-state index contributed by atoms with van der Waals surface area (Å²) in [7, 11) is -1.67. The van der Waals surface area contributed by atoms with Crippen LogP contribution >= 0.6 is 0 Å². The summed E-state index contributed by atoms with van der Waals surface area (Å²) >= 11 is 0. The minimum atomic E-state index is -3.31. The van der Waals surface area contributed by atoms with Crippen LogP contribution in [0.2, 0.25) is 0 Å². The number of sulfone groups is 1. The highest BCUT2D eigenvalue weighted by molar-refractivity contribution is 7.91. The van der Waals surface area contributed by atoms with Crippen molar-refractivity contribution in [1.29, 1.82) is 0 Å². The average Bonchev–Trinajstić information content (AvgIpc) is 3.55. The predicted octanol–water partition coefficient (Wildman–Crippen LogP) is 4.46. The van der Waals surface area contributed by atoms with Crippen LogP contribution in [-0.4, -0.2) is 67.1 Å². The van der Waals surface area contributed by atoms with Crippen LogP contribution in [0.5, 0.6) is 5.75 Å². The number of aromatic nitrogens is 2. The molecule has 4 heterocycles. The van der Waals surface area contributed by atoms with Gasteiger partial charge in [-0.05, 0) is 54.8 Å². The Morgan fingerprint density at radius 2 is 1.95 bits per heavy atom. The molecule has 0 saturated carbocycles. The van der Waals surface area contributed by atoms with Gasteiger partial charge in [0.2, 0.25) is 5.72 Å². The van der Waals surface area contributed by atoms with Gasteiger partial charge in [0.05, 0.1) is 43.8 Å². The van der Waals surface area contributed by atoms with Crippen molar-refractivity contribution in [3.63, 3.8) is 0 Å². The van der Waals surface area contributed by atoms with Gasteiger partial charge in [-0.15, -0.1) is 0 Å². The van der Waals surface area contributed by atoms with Gasteiger partial charge in [-0.1, -0.05) is 30.3 Å². The molecule has 3 aliphatic heterocycles. The maximum absolute atomic E-state index is 13.9. The number of fused-ring (bicyclic) bond motifs is 1. The van der Waals surface area contributed by atoms with Gasteiger partial charge in [0.1, 0.15) is 21.4 Å². The smallest absolute Gasteiger partial charge is 0.238 e. The quantitative estimate of drug-likeness (QED) is 0.388. The Labute approximate surface area is 239 Å². The third-order valence-electron chi connectivity index (χ3n) is 8.16. The lowest BCUT2D eigenvalue weighted by Crippen LogP contribution is -2.60. The zero-order chi connectivity index (χ0) is 28.8. The molecule has 1 unspecified atom stereocenters. The number of nitrogens with zero attached hydrogens (tertiary/aromatic N) is 4. The number of piperidine rings is 1. The fraction of sp³-hybridized carbons (Fsp3) is 0.400. The number of ether oxygens (including phenoxy) is 2. The fourth-order valence-corrected chi connectivity index (χ4v) is 6.71. The van der Waals surface area contributed by atoms with Gasteiger partial charge in [-0.2, -0.15) is 0 Å². The monoisotopic (exact) mass is 580 g/mol. The van der Waals surface area contributed by atoms with Crippen LogP contribution in [0.3, 0.4) is 0 Å². The summed E-state index contributed by atoms with van der Waals surface area (Å²) in [5, 5.41) is 4.55. The van der Waals surface area contributed by atoms with E-state index in [1.54, 1.807) is 32.5 Å². The number of rotatable bonds is 8. The molecule has 0 bridgehead atoms. The maximum atomic E-state index is 13.9. The van der Waals surface area contributed by atoms with Crippen molar-refractivity contribution in [2.45, 2.75) is 32.4 Å². The van der Waals surface area contributed by atoms with Crippen molar-refractivity contribution in [2.75, 3.05) is 38.4 Å². The molecular formula is C30H33FN4O5S. The number of aryl methyl sites for hydroxylation is 1. The first-order valence-electron chi connectivity index (χ1n) is 13.6. The first-order valence-corrected chi connectivity index (χ1v) is 15.5. The molecule has 216 valence electrons. The molecule has 1 spiro atoms. The van der Waals surface area contributed by atoms with Gasteiger partial charge < -0.3 is 23.8 Å². The van der Waals surface area contributed by atoms with Gasteiger partial charge >= 0.3 is 0 Å². The number of benzene rings is 2. The summed E-state index contributed by atoms with van der Waals surface area (Å²) in [6.07, 6.45) is 6.64. The number of amidine groups is 1. The van der Waals surface area contributed by atoms with Gasteiger partial charge in [0, 0.05) is 35.9 Å². The Balaban J connectivity index is 1.40. The van der Waals surface area contributed by atoms with Crippen molar-refractivity contribution in [3.8, 4) is 11.4 Å². The van der Waals surface area contributed by atoms with Crippen LogP contribution in [0.15, 0.2) is 65.7 Å². The number of imidazole rings is 1. The minimum Gasteiger partial charge on any atom is -0.495 e. The molecular weight excluding hydrogens is 547 g/mol. The summed E-state index contributed by atoms with van der Waals surface area (Å²) in [6.45, 7) is 5.29. The molecule has 11 heteroatoms. The Kier molecular flexibility index (Phi) is 6.89. The van der Waals surface area contributed by atoms with Crippen LogP contribution < -0.4 is 4.74 Å². The molecule has 1 atom stereocenters. The highest BCUT2D eigenvalue weighted by atomic mass is 32.2. The van der Waals surface area contributed by atoms with Gasteiger partial charge in [-0.25, -0.2) is 17.8 Å². The lowest BCUT2D eigenvalue weighted by Gasteiger charge is -2.51. The molecule has 0 radical (unpaired) electrons. The third kappa shape index (κ3) is 5.01. The van der Waals surface area contributed by atoms with Gasteiger partial charge in [0.15, 0.2) is 5.84 Å². The van der Waals surface area contributed by atoms with Crippen LogP contribution in [-0.2, 0) is 25.1 Å². The molecule has 2 saturated heterocycles. The summed E-state index contributed by atoms with van der Waals surface area (Å²) < 4.78 is 52.5. The van der Waals surface area contributed by atoms with Crippen LogP contribution in [0, 0.1) is 18.2 Å². The Morgan fingerprint density at radius 3 is 2.59 bits per heavy atom. The lowest BCUT2D eigenvalue weighted by molar-refractivity contribution is -0.166. The molecule has 3 aliphatic rings. The second-order valence-electron chi connectivity index (χ2n) is 11.1. The van der Waals surface area contributed by atoms with E-state index in [1.807, 2.05) is 35.9 Å². The largest absolute Gasteiger partial charge is 0.495 e. The number of hydrogen-bond donors (Lipinski definition) is 0. The van der Waals surface area contributed by atoms with E-state index >= 15 is 0 Å². The molecule has 1 aromatic heterocycles. The zero-order valence-corrected chi connectivity index (χ0v) is 24.2. The van der Waals surface area contributed by atoms with Crippen molar-refractivity contribution in [1.82, 2.24) is 14.5 Å². The van der Waals surface area contributed by atoms with Crippen LogP contribution in [0.25, 0.3) is 11.8 Å². The summed E-state index contributed by atoms with van der Waals surface area (Å²) in [6, 6.07) is 12.0. The fourth-order valence-electron chi connectivity index (χ4n) is 5.83. The molecule has 0 aliphatic carbocycles. The Morgan fingerprint density at radius 1 is 1.17 bits per heavy atom. The summed E-state index contributed by atoms with van der Waals surface area (Å²) in [4.78, 5) is 12.6. The molecule has 6 rings (SSSR count). The van der Waals surface area contributed by atoms with Crippen LogP contribution in [0.4, 0.5) is 4.39 Å². The number of halogens is 1. The van der Waals surface area contributed by atoms with Gasteiger partial charge in [-0.3, -0.25) is 0 Å². The minimum absolute atomic E-state index is 0.0274.